The summed E-state index contributed by atoms with van der Waals surface area (Å²) in [5.41, 5.74) is 2.09. The van der Waals surface area contributed by atoms with Gasteiger partial charge in [-0.25, -0.2) is 0 Å². The number of ether oxygens (including phenoxy) is 3. The van der Waals surface area contributed by atoms with E-state index in [-0.39, 0.29) is 24.5 Å². The maximum Gasteiger partial charge on any atom is 0.261 e. The van der Waals surface area contributed by atoms with Gasteiger partial charge in [-0.2, -0.15) is 0 Å². The van der Waals surface area contributed by atoms with E-state index in [2.05, 4.69) is 5.32 Å². The van der Waals surface area contributed by atoms with Crippen LogP contribution in [0.2, 0.25) is 0 Å². The van der Waals surface area contributed by atoms with Gasteiger partial charge in [0.05, 0.1) is 14.2 Å². The van der Waals surface area contributed by atoms with E-state index in [1.807, 2.05) is 31.2 Å². The standard InChI is InChI=1S/C26H34N2O5/c1-18-9-11-20(12-10-18)16-28(19(2)26(30)27-21-7-5-6-8-21)25(29)17-33-24-14-22(31-3)13-23(15-24)32-4/h9-15,19,21H,5-8,16-17H2,1-4H3,(H,27,30)/t19-/m0/s1. The first-order valence-electron chi connectivity index (χ1n) is 11.4. The first-order valence-corrected chi connectivity index (χ1v) is 11.4. The van der Waals surface area contributed by atoms with Crippen LogP contribution in [-0.4, -0.2) is 49.6 Å². The summed E-state index contributed by atoms with van der Waals surface area (Å²) in [6.45, 7) is 3.90. The summed E-state index contributed by atoms with van der Waals surface area (Å²) in [5, 5.41) is 3.11. The highest BCUT2D eigenvalue weighted by atomic mass is 16.5. The quantitative estimate of drug-likeness (QED) is 0.590. The maximum atomic E-state index is 13.2. The van der Waals surface area contributed by atoms with Crippen LogP contribution in [0, 0.1) is 6.92 Å². The molecule has 0 radical (unpaired) electrons. The molecule has 178 valence electrons. The number of carbonyl (C=O) groups excluding carboxylic acids is 2. The molecule has 0 bridgehead atoms. The fraction of sp³-hybridized carbons (Fsp3) is 0.462. The van der Waals surface area contributed by atoms with Crippen molar-refractivity contribution in [3.63, 3.8) is 0 Å². The normalized spacial score (nSPS) is 14.4. The van der Waals surface area contributed by atoms with Crippen molar-refractivity contribution in [3.8, 4) is 17.2 Å². The fourth-order valence-corrected chi connectivity index (χ4v) is 3.96. The number of carbonyl (C=O) groups is 2. The molecule has 1 aliphatic carbocycles. The molecular formula is C26H34N2O5. The number of methoxy groups -OCH3 is 2. The summed E-state index contributed by atoms with van der Waals surface area (Å²) < 4.78 is 16.3. The van der Waals surface area contributed by atoms with Crippen molar-refractivity contribution in [3.05, 3.63) is 53.6 Å². The van der Waals surface area contributed by atoms with Gasteiger partial charge < -0.3 is 24.4 Å². The monoisotopic (exact) mass is 454 g/mol. The van der Waals surface area contributed by atoms with Crippen LogP contribution in [0.4, 0.5) is 0 Å². The molecule has 0 aliphatic heterocycles. The third kappa shape index (κ3) is 6.88. The van der Waals surface area contributed by atoms with E-state index in [1.54, 1.807) is 44.2 Å². The zero-order valence-corrected chi connectivity index (χ0v) is 19.9. The van der Waals surface area contributed by atoms with E-state index in [9.17, 15) is 9.59 Å². The maximum absolute atomic E-state index is 13.2. The molecule has 33 heavy (non-hydrogen) atoms. The van der Waals surface area contributed by atoms with Crippen molar-refractivity contribution in [2.75, 3.05) is 20.8 Å². The predicted molar refractivity (Wildman–Crippen MR) is 127 cm³/mol. The minimum Gasteiger partial charge on any atom is -0.496 e. The van der Waals surface area contributed by atoms with Crippen molar-refractivity contribution in [2.24, 2.45) is 0 Å². The van der Waals surface area contributed by atoms with E-state index in [1.165, 1.54) is 0 Å². The lowest BCUT2D eigenvalue weighted by Crippen LogP contribution is -2.50. The van der Waals surface area contributed by atoms with Crippen LogP contribution in [0.3, 0.4) is 0 Å². The average Bonchev–Trinajstić information content (AvgIpc) is 3.34. The van der Waals surface area contributed by atoms with E-state index < -0.39 is 6.04 Å². The number of hydrogen-bond acceptors (Lipinski definition) is 5. The molecule has 2 amide bonds. The zero-order chi connectivity index (χ0) is 23.8. The predicted octanol–water partition coefficient (Wildman–Crippen LogP) is 3.87. The molecule has 0 spiro atoms. The highest BCUT2D eigenvalue weighted by Gasteiger charge is 2.28. The molecule has 1 saturated carbocycles. The van der Waals surface area contributed by atoms with Crippen LogP contribution >= 0.6 is 0 Å². The van der Waals surface area contributed by atoms with Gasteiger partial charge >= 0.3 is 0 Å². The highest BCUT2D eigenvalue weighted by molar-refractivity contribution is 5.88. The summed E-state index contributed by atoms with van der Waals surface area (Å²) in [5.74, 6) is 1.19. The molecule has 2 aromatic carbocycles. The van der Waals surface area contributed by atoms with Crippen molar-refractivity contribution in [2.45, 2.75) is 58.2 Å². The summed E-state index contributed by atoms with van der Waals surface area (Å²) in [7, 11) is 3.11. The molecule has 7 heteroatoms. The Kier molecular flexibility index (Phi) is 8.58. The molecule has 0 saturated heterocycles. The van der Waals surface area contributed by atoms with E-state index >= 15 is 0 Å². The molecule has 1 aliphatic rings. The van der Waals surface area contributed by atoms with Gasteiger partial charge in [0.1, 0.15) is 23.3 Å². The number of rotatable bonds is 10. The van der Waals surface area contributed by atoms with Gasteiger partial charge in [0.25, 0.3) is 5.91 Å². The van der Waals surface area contributed by atoms with Crippen molar-refractivity contribution in [1.82, 2.24) is 10.2 Å². The largest absolute Gasteiger partial charge is 0.496 e. The Morgan fingerprint density at radius 2 is 1.58 bits per heavy atom. The molecule has 0 aromatic heterocycles. The number of nitrogens with one attached hydrogen (secondary N) is 1. The van der Waals surface area contributed by atoms with Gasteiger partial charge in [-0.15, -0.1) is 0 Å². The molecule has 1 atom stereocenters. The van der Waals surface area contributed by atoms with Gasteiger partial charge in [0.15, 0.2) is 6.61 Å². The third-order valence-corrected chi connectivity index (χ3v) is 6.03. The van der Waals surface area contributed by atoms with E-state index in [0.717, 1.165) is 36.8 Å². The van der Waals surface area contributed by atoms with Crippen LogP contribution in [0.1, 0.15) is 43.7 Å². The number of benzene rings is 2. The lowest BCUT2D eigenvalue weighted by molar-refractivity contribution is -0.142. The molecule has 1 fully saturated rings. The minimum absolute atomic E-state index is 0.134. The smallest absolute Gasteiger partial charge is 0.261 e. The second kappa shape index (κ2) is 11.6. The number of hydrogen-bond donors (Lipinski definition) is 1. The Labute approximate surface area is 196 Å². The number of nitrogens with zero attached hydrogens (tertiary/aromatic N) is 1. The first kappa shape index (κ1) is 24.4. The summed E-state index contributed by atoms with van der Waals surface area (Å²) in [6, 6.07) is 12.6. The van der Waals surface area contributed by atoms with Gasteiger partial charge in [-0.3, -0.25) is 9.59 Å². The van der Waals surface area contributed by atoms with Gasteiger partial charge in [-0.1, -0.05) is 42.7 Å². The summed E-state index contributed by atoms with van der Waals surface area (Å²) in [4.78, 5) is 27.8. The van der Waals surface area contributed by atoms with Crippen LogP contribution in [-0.2, 0) is 16.1 Å². The number of amides is 2. The van der Waals surface area contributed by atoms with E-state index in [4.69, 9.17) is 14.2 Å². The first-order chi connectivity index (χ1) is 15.9. The van der Waals surface area contributed by atoms with Crippen molar-refractivity contribution >= 4 is 11.8 Å². The van der Waals surface area contributed by atoms with Crippen molar-refractivity contribution < 1.29 is 23.8 Å². The summed E-state index contributed by atoms with van der Waals surface area (Å²) >= 11 is 0. The second-order valence-corrected chi connectivity index (χ2v) is 8.51. The SMILES string of the molecule is COc1cc(OC)cc(OCC(=O)N(Cc2ccc(C)cc2)[C@@H](C)C(=O)NC2CCCC2)c1. The Bertz CT molecular complexity index is 916. The molecule has 1 N–H and O–H groups in total. The highest BCUT2D eigenvalue weighted by Crippen LogP contribution is 2.27. The van der Waals surface area contributed by atoms with Gasteiger partial charge in [0, 0.05) is 30.8 Å². The molecule has 2 aromatic rings. The number of aryl methyl sites for hydroxylation is 1. The third-order valence-electron chi connectivity index (χ3n) is 6.03. The fourth-order valence-electron chi connectivity index (χ4n) is 3.96. The van der Waals surface area contributed by atoms with E-state index in [0.29, 0.717) is 23.8 Å². The van der Waals surface area contributed by atoms with Gasteiger partial charge in [-0.05, 0) is 32.3 Å². The summed E-state index contributed by atoms with van der Waals surface area (Å²) in [6.07, 6.45) is 4.24. The Morgan fingerprint density at radius 3 is 2.15 bits per heavy atom. The minimum atomic E-state index is -0.622. The van der Waals surface area contributed by atoms with Crippen LogP contribution < -0.4 is 19.5 Å². The Hall–Kier alpha value is -3.22. The Balaban J connectivity index is 1.73. The molecule has 0 unspecified atom stereocenters. The zero-order valence-electron chi connectivity index (χ0n) is 19.9. The molecular weight excluding hydrogens is 420 g/mol. The van der Waals surface area contributed by atoms with Crippen LogP contribution in [0.5, 0.6) is 17.2 Å². The van der Waals surface area contributed by atoms with Gasteiger partial charge in [0.2, 0.25) is 5.91 Å². The molecule has 0 heterocycles. The second-order valence-electron chi connectivity index (χ2n) is 8.51. The van der Waals surface area contributed by atoms with Crippen molar-refractivity contribution in [1.29, 1.82) is 0 Å². The Morgan fingerprint density at radius 1 is 1.00 bits per heavy atom. The van der Waals surface area contributed by atoms with Crippen LogP contribution in [0.15, 0.2) is 42.5 Å². The molecule has 7 nitrogen and oxygen atoms in total. The lowest BCUT2D eigenvalue weighted by Gasteiger charge is -2.29. The topological polar surface area (TPSA) is 77.1 Å². The van der Waals surface area contributed by atoms with Crippen LogP contribution in [0.25, 0.3) is 0 Å². The average molecular weight is 455 g/mol. The molecule has 3 rings (SSSR count). The lowest BCUT2D eigenvalue weighted by atomic mass is 10.1.